The number of aromatic nitrogens is 2. The summed E-state index contributed by atoms with van der Waals surface area (Å²) in [6, 6.07) is 4.04. The lowest BCUT2D eigenvalue weighted by Gasteiger charge is -2.10. The minimum absolute atomic E-state index is 0.0593. The van der Waals surface area contributed by atoms with Gasteiger partial charge in [0.2, 0.25) is 0 Å². The molecule has 0 atom stereocenters. The molecule has 0 saturated carbocycles. The fourth-order valence-corrected chi connectivity index (χ4v) is 2.20. The first-order valence-electron chi connectivity index (χ1n) is 6.46. The molecule has 2 aromatic rings. The van der Waals surface area contributed by atoms with Crippen LogP contribution in [0.4, 0.5) is 0 Å². The molecule has 4 N–H and O–H groups in total. The van der Waals surface area contributed by atoms with E-state index in [-0.39, 0.29) is 6.61 Å². The van der Waals surface area contributed by atoms with Crippen LogP contribution in [-0.4, -0.2) is 15.1 Å². The van der Waals surface area contributed by atoms with E-state index in [1.165, 1.54) is 5.56 Å². The Kier molecular flexibility index (Phi) is 3.99. The fraction of sp³-hybridized carbons (Fsp3) is 0.500. The van der Waals surface area contributed by atoms with Crippen molar-refractivity contribution in [3.63, 3.8) is 0 Å². The van der Waals surface area contributed by atoms with E-state index in [4.69, 9.17) is 10.8 Å². The predicted molar refractivity (Wildman–Crippen MR) is 73.1 cm³/mol. The van der Waals surface area contributed by atoms with E-state index in [0.29, 0.717) is 18.3 Å². The van der Waals surface area contributed by atoms with Crippen molar-refractivity contribution in [2.45, 2.75) is 39.8 Å². The summed E-state index contributed by atoms with van der Waals surface area (Å²) in [4.78, 5) is 7.58. The molecule has 1 aromatic carbocycles. The molecule has 0 unspecified atom stereocenters. The molecule has 0 aliphatic rings. The third-order valence-electron chi connectivity index (χ3n) is 3.25. The number of hydrogen-bond donors (Lipinski definition) is 3. The monoisotopic (exact) mass is 247 g/mol. The standard InChI is InChI=1S/C14H21N3O/c1-9(2)3-5-11-10(7-15)4-6-12-14(11)17-13(8-18)16-12/h4,6,9,18H,3,5,7-8,15H2,1-2H3,(H,16,17). The van der Waals surface area contributed by atoms with Crippen LogP contribution in [-0.2, 0) is 19.6 Å². The number of hydrogen-bond acceptors (Lipinski definition) is 3. The van der Waals surface area contributed by atoms with Gasteiger partial charge in [-0.25, -0.2) is 4.98 Å². The highest BCUT2D eigenvalue weighted by atomic mass is 16.3. The molecule has 0 fully saturated rings. The number of nitrogens with one attached hydrogen (secondary N) is 1. The van der Waals surface area contributed by atoms with Crippen molar-refractivity contribution in [2.24, 2.45) is 11.7 Å². The van der Waals surface area contributed by atoms with Crippen LogP contribution < -0.4 is 5.73 Å². The fourth-order valence-electron chi connectivity index (χ4n) is 2.20. The zero-order chi connectivity index (χ0) is 13.1. The quantitative estimate of drug-likeness (QED) is 0.757. The number of aromatic amines is 1. The summed E-state index contributed by atoms with van der Waals surface area (Å²) in [6.07, 6.45) is 2.10. The number of aliphatic hydroxyl groups is 1. The van der Waals surface area contributed by atoms with Crippen molar-refractivity contribution in [2.75, 3.05) is 0 Å². The molecule has 0 spiro atoms. The van der Waals surface area contributed by atoms with E-state index >= 15 is 0 Å². The van der Waals surface area contributed by atoms with Gasteiger partial charge in [0.25, 0.3) is 0 Å². The van der Waals surface area contributed by atoms with E-state index in [2.05, 4.69) is 29.9 Å². The lowest BCUT2D eigenvalue weighted by atomic mass is 9.97. The Morgan fingerprint density at radius 1 is 1.39 bits per heavy atom. The van der Waals surface area contributed by atoms with Crippen LogP contribution in [0.25, 0.3) is 11.0 Å². The molecular weight excluding hydrogens is 226 g/mol. The summed E-state index contributed by atoms with van der Waals surface area (Å²) in [7, 11) is 0. The van der Waals surface area contributed by atoms with E-state index in [1.54, 1.807) is 0 Å². The predicted octanol–water partition coefficient (Wildman–Crippen LogP) is 2.10. The van der Waals surface area contributed by atoms with Gasteiger partial charge in [-0.2, -0.15) is 0 Å². The number of fused-ring (bicyclic) bond motifs is 1. The molecule has 18 heavy (non-hydrogen) atoms. The van der Waals surface area contributed by atoms with Gasteiger partial charge < -0.3 is 15.8 Å². The molecule has 98 valence electrons. The Morgan fingerprint density at radius 3 is 2.78 bits per heavy atom. The maximum atomic E-state index is 9.16. The highest BCUT2D eigenvalue weighted by Crippen LogP contribution is 2.23. The molecule has 0 radical (unpaired) electrons. The van der Waals surface area contributed by atoms with Crippen molar-refractivity contribution in [1.29, 1.82) is 0 Å². The van der Waals surface area contributed by atoms with Crippen molar-refractivity contribution < 1.29 is 5.11 Å². The first-order chi connectivity index (χ1) is 8.65. The molecule has 2 rings (SSSR count). The summed E-state index contributed by atoms with van der Waals surface area (Å²) < 4.78 is 0. The van der Waals surface area contributed by atoms with E-state index in [9.17, 15) is 0 Å². The number of imidazole rings is 1. The Labute approximate surface area is 107 Å². The maximum absolute atomic E-state index is 9.16. The summed E-state index contributed by atoms with van der Waals surface area (Å²) in [5.41, 5.74) is 10.1. The third-order valence-corrected chi connectivity index (χ3v) is 3.25. The van der Waals surface area contributed by atoms with Crippen molar-refractivity contribution >= 4 is 11.0 Å². The van der Waals surface area contributed by atoms with Crippen LogP contribution in [0.5, 0.6) is 0 Å². The SMILES string of the molecule is CC(C)CCc1c(CN)ccc2[nH]c(CO)nc12. The number of nitrogens with two attached hydrogens (primary N) is 1. The van der Waals surface area contributed by atoms with E-state index in [0.717, 1.165) is 29.4 Å². The Bertz CT molecular complexity index is 531. The van der Waals surface area contributed by atoms with Crippen molar-refractivity contribution in [3.8, 4) is 0 Å². The summed E-state index contributed by atoms with van der Waals surface area (Å²) in [5, 5.41) is 9.16. The average Bonchev–Trinajstić information content (AvgIpc) is 2.78. The molecule has 1 heterocycles. The second-order valence-electron chi connectivity index (χ2n) is 5.08. The average molecular weight is 247 g/mol. The van der Waals surface area contributed by atoms with Gasteiger partial charge in [0, 0.05) is 6.54 Å². The van der Waals surface area contributed by atoms with Crippen LogP contribution in [0.15, 0.2) is 12.1 Å². The number of aryl methyl sites for hydroxylation is 1. The summed E-state index contributed by atoms with van der Waals surface area (Å²) in [5.74, 6) is 1.27. The zero-order valence-electron chi connectivity index (χ0n) is 11.0. The van der Waals surface area contributed by atoms with Crippen molar-refractivity contribution in [3.05, 3.63) is 29.1 Å². The molecule has 4 nitrogen and oxygen atoms in total. The normalized spacial score (nSPS) is 11.6. The van der Waals surface area contributed by atoms with Crippen LogP contribution in [0.3, 0.4) is 0 Å². The second kappa shape index (κ2) is 5.50. The minimum atomic E-state index is -0.0593. The minimum Gasteiger partial charge on any atom is -0.388 e. The lowest BCUT2D eigenvalue weighted by Crippen LogP contribution is -2.04. The van der Waals surface area contributed by atoms with Gasteiger partial charge in [0.05, 0.1) is 11.0 Å². The number of nitrogens with zero attached hydrogens (tertiary/aromatic N) is 1. The summed E-state index contributed by atoms with van der Waals surface area (Å²) >= 11 is 0. The first-order valence-corrected chi connectivity index (χ1v) is 6.46. The van der Waals surface area contributed by atoms with Gasteiger partial charge in [-0.1, -0.05) is 19.9 Å². The van der Waals surface area contributed by atoms with E-state index < -0.39 is 0 Å². The van der Waals surface area contributed by atoms with Gasteiger partial charge in [0.1, 0.15) is 12.4 Å². The number of H-pyrrole nitrogens is 1. The molecular formula is C14H21N3O. The van der Waals surface area contributed by atoms with Gasteiger partial charge >= 0.3 is 0 Å². The maximum Gasteiger partial charge on any atom is 0.133 e. The molecule has 0 amide bonds. The van der Waals surface area contributed by atoms with Crippen LogP contribution in [0.2, 0.25) is 0 Å². The van der Waals surface area contributed by atoms with Crippen LogP contribution in [0, 0.1) is 5.92 Å². The largest absolute Gasteiger partial charge is 0.388 e. The smallest absolute Gasteiger partial charge is 0.133 e. The van der Waals surface area contributed by atoms with Crippen molar-refractivity contribution in [1.82, 2.24) is 9.97 Å². The molecule has 0 bridgehead atoms. The zero-order valence-corrected chi connectivity index (χ0v) is 11.0. The highest BCUT2D eigenvalue weighted by Gasteiger charge is 2.11. The highest BCUT2D eigenvalue weighted by molar-refractivity contribution is 5.80. The third kappa shape index (κ3) is 2.54. The topological polar surface area (TPSA) is 74.9 Å². The molecule has 0 aliphatic heterocycles. The first kappa shape index (κ1) is 13.1. The Balaban J connectivity index is 2.46. The second-order valence-corrected chi connectivity index (χ2v) is 5.08. The molecule has 4 heteroatoms. The van der Waals surface area contributed by atoms with Crippen LogP contribution >= 0.6 is 0 Å². The van der Waals surface area contributed by atoms with Crippen LogP contribution in [0.1, 0.15) is 37.2 Å². The summed E-state index contributed by atoms with van der Waals surface area (Å²) in [6.45, 7) is 4.90. The van der Waals surface area contributed by atoms with Gasteiger partial charge in [0.15, 0.2) is 0 Å². The Morgan fingerprint density at radius 2 is 2.17 bits per heavy atom. The molecule has 0 saturated heterocycles. The molecule has 0 aliphatic carbocycles. The molecule has 1 aromatic heterocycles. The van der Waals surface area contributed by atoms with Gasteiger partial charge in [-0.15, -0.1) is 0 Å². The Hall–Kier alpha value is -1.39. The van der Waals surface area contributed by atoms with E-state index in [1.807, 2.05) is 6.07 Å². The number of benzene rings is 1. The van der Waals surface area contributed by atoms with Gasteiger partial charge in [-0.05, 0) is 36.0 Å². The van der Waals surface area contributed by atoms with Gasteiger partial charge in [-0.3, -0.25) is 0 Å². The lowest BCUT2D eigenvalue weighted by molar-refractivity contribution is 0.273. The number of aliphatic hydroxyl groups excluding tert-OH is 1. The number of rotatable bonds is 5.